The first-order valence-electron chi connectivity index (χ1n) is 11.9. The average Bonchev–Trinajstić information content (AvgIpc) is 3.23. The molecule has 7 nitrogen and oxygen atoms in total. The minimum absolute atomic E-state index is 0.183. The van der Waals surface area contributed by atoms with Crippen LogP contribution in [0.5, 0.6) is 0 Å². The van der Waals surface area contributed by atoms with Crippen LogP contribution in [0.25, 0.3) is 5.69 Å². The van der Waals surface area contributed by atoms with E-state index in [1.807, 2.05) is 19.1 Å². The molecule has 7 heteroatoms. The number of carbonyl (C=O) groups is 1. The number of aromatic amines is 1. The second-order valence-electron chi connectivity index (χ2n) is 8.87. The number of nitrogens with zero attached hydrogens (tertiary/aromatic N) is 3. The smallest absolute Gasteiger partial charge is 0.330 e. The molecule has 4 aromatic rings. The predicted octanol–water partition coefficient (Wildman–Crippen LogP) is 4.05. The summed E-state index contributed by atoms with van der Waals surface area (Å²) in [6.45, 7) is 6.85. The van der Waals surface area contributed by atoms with Crippen molar-refractivity contribution in [2.45, 2.75) is 13.5 Å². The number of H-pyrrole nitrogens is 1. The van der Waals surface area contributed by atoms with E-state index in [-0.39, 0.29) is 11.6 Å². The molecule has 178 valence electrons. The molecule has 35 heavy (non-hydrogen) atoms. The van der Waals surface area contributed by atoms with Gasteiger partial charge in [0, 0.05) is 61.6 Å². The van der Waals surface area contributed by atoms with Gasteiger partial charge in [-0.3, -0.25) is 14.3 Å². The van der Waals surface area contributed by atoms with E-state index >= 15 is 0 Å². The number of aromatic nitrogens is 2. The van der Waals surface area contributed by atoms with Crippen LogP contribution >= 0.6 is 0 Å². The Bertz CT molecular complexity index is 1330. The van der Waals surface area contributed by atoms with Gasteiger partial charge in [-0.2, -0.15) is 0 Å². The minimum atomic E-state index is -0.197. The van der Waals surface area contributed by atoms with Crippen LogP contribution in [-0.4, -0.2) is 46.5 Å². The maximum Gasteiger partial charge on any atom is 0.330 e. The van der Waals surface area contributed by atoms with Gasteiger partial charge in [-0.1, -0.05) is 30.3 Å². The summed E-state index contributed by atoms with van der Waals surface area (Å²) in [7, 11) is 0. The fraction of sp³-hybridized carbons (Fsp3) is 0.214. The van der Waals surface area contributed by atoms with Gasteiger partial charge in [0.15, 0.2) is 0 Å². The highest BCUT2D eigenvalue weighted by Gasteiger charge is 2.17. The third kappa shape index (κ3) is 5.20. The van der Waals surface area contributed by atoms with Crippen molar-refractivity contribution in [1.82, 2.24) is 14.5 Å². The molecule has 3 aromatic carbocycles. The van der Waals surface area contributed by atoms with Crippen molar-refractivity contribution in [2.24, 2.45) is 0 Å². The largest absolute Gasteiger partial charge is 0.369 e. The van der Waals surface area contributed by atoms with Crippen LogP contribution in [0.2, 0.25) is 0 Å². The Balaban J connectivity index is 1.16. The molecule has 1 saturated heterocycles. The number of nitrogens with one attached hydrogen (secondary N) is 2. The Hall–Kier alpha value is -4.10. The van der Waals surface area contributed by atoms with Gasteiger partial charge in [-0.05, 0) is 61.0 Å². The lowest BCUT2D eigenvalue weighted by Crippen LogP contribution is -2.45. The summed E-state index contributed by atoms with van der Waals surface area (Å²) in [5.41, 5.74) is 5.14. The molecule has 0 aliphatic carbocycles. The average molecular weight is 468 g/mol. The summed E-state index contributed by atoms with van der Waals surface area (Å²) >= 11 is 0. The number of anilines is 2. The summed E-state index contributed by atoms with van der Waals surface area (Å²) in [4.78, 5) is 32.2. The highest BCUT2D eigenvalue weighted by molar-refractivity contribution is 6.04. The molecule has 0 atom stereocenters. The molecular weight excluding hydrogens is 438 g/mol. The van der Waals surface area contributed by atoms with Crippen LogP contribution in [-0.2, 0) is 6.54 Å². The fourth-order valence-corrected chi connectivity index (χ4v) is 4.50. The van der Waals surface area contributed by atoms with Crippen LogP contribution in [0, 0.1) is 6.92 Å². The van der Waals surface area contributed by atoms with E-state index in [1.165, 1.54) is 11.3 Å². The number of imidazole rings is 1. The molecule has 1 aromatic heterocycles. The van der Waals surface area contributed by atoms with Crippen molar-refractivity contribution in [1.29, 1.82) is 0 Å². The molecule has 1 aliphatic rings. The minimum Gasteiger partial charge on any atom is -0.369 e. The first kappa shape index (κ1) is 22.7. The highest BCUT2D eigenvalue weighted by Crippen LogP contribution is 2.21. The number of amides is 1. The van der Waals surface area contributed by atoms with Gasteiger partial charge in [-0.15, -0.1) is 0 Å². The van der Waals surface area contributed by atoms with Gasteiger partial charge in [0.2, 0.25) is 0 Å². The summed E-state index contributed by atoms with van der Waals surface area (Å²) in [6, 6.07) is 25.6. The number of hydrogen-bond donors (Lipinski definition) is 2. The lowest BCUT2D eigenvalue weighted by atomic mass is 10.1. The van der Waals surface area contributed by atoms with Gasteiger partial charge in [-0.25, -0.2) is 4.79 Å². The molecule has 1 amide bonds. The highest BCUT2D eigenvalue weighted by atomic mass is 16.2. The van der Waals surface area contributed by atoms with Crippen molar-refractivity contribution in [3.63, 3.8) is 0 Å². The topological polar surface area (TPSA) is 73.4 Å². The van der Waals surface area contributed by atoms with Gasteiger partial charge in [0.05, 0.1) is 5.69 Å². The molecule has 2 heterocycles. The lowest BCUT2D eigenvalue weighted by molar-refractivity contribution is 0.102. The van der Waals surface area contributed by atoms with Crippen molar-refractivity contribution in [3.05, 3.63) is 112 Å². The van der Waals surface area contributed by atoms with E-state index in [1.54, 1.807) is 35.0 Å². The summed E-state index contributed by atoms with van der Waals surface area (Å²) in [5.74, 6) is -0.183. The molecule has 0 radical (unpaired) electrons. The van der Waals surface area contributed by atoms with Crippen LogP contribution in [0.3, 0.4) is 0 Å². The normalized spacial score (nSPS) is 14.1. The molecule has 1 fully saturated rings. The lowest BCUT2D eigenvalue weighted by Gasteiger charge is -2.36. The van der Waals surface area contributed by atoms with E-state index in [2.05, 4.69) is 62.6 Å². The van der Waals surface area contributed by atoms with Crippen LogP contribution in [0.4, 0.5) is 11.4 Å². The summed E-state index contributed by atoms with van der Waals surface area (Å²) in [6.07, 6.45) is 1.66. The molecule has 0 saturated carbocycles. The van der Waals surface area contributed by atoms with Crippen molar-refractivity contribution in [3.8, 4) is 5.69 Å². The number of piperazine rings is 1. The molecule has 5 rings (SSSR count). The molecule has 2 N–H and O–H groups in total. The van der Waals surface area contributed by atoms with Crippen LogP contribution in [0.1, 0.15) is 21.6 Å². The quantitative estimate of drug-likeness (QED) is 0.449. The third-order valence-corrected chi connectivity index (χ3v) is 6.46. The molecule has 1 aliphatic heterocycles. The second-order valence-corrected chi connectivity index (χ2v) is 8.87. The standard InChI is InChI=1S/C28H29N5O2/c1-21-19-29-28(35)33(21)26-11-7-23(8-12-26)27(34)30-24-9-13-25(14-10-24)32-17-15-31(16-18-32)20-22-5-3-2-4-6-22/h2-14,19H,15-18,20H2,1H3,(H,29,35)(H,30,34). The van der Waals surface area contributed by atoms with Crippen LogP contribution in [0.15, 0.2) is 89.9 Å². The van der Waals surface area contributed by atoms with Crippen molar-refractivity contribution < 1.29 is 4.79 Å². The van der Waals surface area contributed by atoms with Crippen molar-refractivity contribution >= 4 is 17.3 Å². The first-order chi connectivity index (χ1) is 17.1. The number of benzene rings is 3. The zero-order chi connectivity index (χ0) is 24.2. The van der Waals surface area contributed by atoms with Gasteiger partial charge < -0.3 is 15.2 Å². The van der Waals surface area contributed by atoms with Crippen LogP contribution < -0.4 is 15.9 Å². The monoisotopic (exact) mass is 467 g/mol. The zero-order valence-corrected chi connectivity index (χ0v) is 19.8. The summed E-state index contributed by atoms with van der Waals surface area (Å²) in [5, 5.41) is 2.96. The van der Waals surface area contributed by atoms with Gasteiger partial charge in [0.25, 0.3) is 5.91 Å². The van der Waals surface area contributed by atoms with Gasteiger partial charge >= 0.3 is 5.69 Å². The van der Waals surface area contributed by atoms with E-state index in [9.17, 15) is 9.59 Å². The maximum atomic E-state index is 12.7. The van der Waals surface area contributed by atoms with Gasteiger partial charge in [0.1, 0.15) is 0 Å². The fourth-order valence-electron chi connectivity index (χ4n) is 4.50. The predicted molar refractivity (Wildman–Crippen MR) is 139 cm³/mol. The SMILES string of the molecule is Cc1c[nH]c(=O)n1-c1ccc(C(=O)Nc2ccc(N3CCN(Cc4ccccc4)CC3)cc2)cc1. The summed E-state index contributed by atoms with van der Waals surface area (Å²) < 4.78 is 1.57. The second kappa shape index (κ2) is 10.0. The number of rotatable bonds is 6. The number of hydrogen-bond acceptors (Lipinski definition) is 4. The number of carbonyl (C=O) groups excluding carboxylic acids is 1. The van der Waals surface area contributed by atoms with E-state index in [4.69, 9.17) is 0 Å². The Morgan fingerprint density at radius 1 is 0.857 bits per heavy atom. The van der Waals surface area contributed by atoms with E-state index in [0.29, 0.717) is 5.56 Å². The maximum absolute atomic E-state index is 12.7. The molecule has 0 spiro atoms. The Morgan fingerprint density at radius 3 is 2.14 bits per heavy atom. The van der Waals surface area contributed by atoms with E-state index < -0.39 is 0 Å². The molecule has 0 unspecified atom stereocenters. The molecular formula is C28H29N5O2. The zero-order valence-electron chi connectivity index (χ0n) is 19.8. The number of aryl methyl sites for hydroxylation is 1. The Kier molecular flexibility index (Phi) is 6.50. The Labute approximate surface area is 204 Å². The van der Waals surface area contributed by atoms with Crippen molar-refractivity contribution in [2.75, 3.05) is 36.4 Å². The van der Waals surface area contributed by atoms with E-state index in [0.717, 1.165) is 49.8 Å². The Morgan fingerprint density at radius 2 is 1.51 bits per heavy atom. The molecule has 0 bridgehead atoms. The third-order valence-electron chi connectivity index (χ3n) is 6.46. The first-order valence-corrected chi connectivity index (χ1v) is 11.9.